The van der Waals surface area contributed by atoms with Crippen molar-refractivity contribution in [1.29, 1.82) is 0 Å². The highest BCUT2D eigenvalue weighted by molar-refractivity contribution is 7.80. The molecule has 0 unspecified atom stereocenters. The van der Waals surface area contributed by atoms with Gasteiger partial charge in [-0.1, -0.05) is 17.7 Å². The number of rotatable bonds is 4. The van der Waals surface area contributed by atoms with Crippen molar-refractivity contribution in [2.75, 3.05) is 12.0 Å². The first-order valence-corrected chi connectivity index (χ1v) is 9.78. The number of H-pyrrole nitrogens is 1. The first-order valence-electron chi connectivity index (χ1n) is 9.00. The van der Waals surface area contributed by atoms with E-state index in [1.54, 1.807) is 13.3 Å². The molecule has 2 N–H and O–H groups in total. The molecule has 0 aliphatic carbocycles. The van der Waals surface area contributed by atoms with Gasteiger partial charge in [-0.3, -0.25) is 4.98 Å². The summed E-state index contributed by atoms with van der Waals surface area (Å²) in [7, 11) is 1.61. The number of pyridine rings is 1. The summed E-state index contributed by atoms with van der Waals surface area (Å²) < 4.78 is 5.30. The van der Waals surface area contributed by atoms with Gasteiger partial charge in [0.2, 0.25) is 0 Å². The van der Waals surface area contributed by atoms with Crippen molar-refractivity contribution in [2.24, 2.45) is 0 Å². The Kier molecular flexibility index (Phi) is 5.00. The van der Waals surface area contributed by atoms with Crippen molar-refractivity contribution in [2.45, 2.75) is 25.9 Å². The van der Waals surface area contributed by atoms with E-state index in [2.05, 4.69) is 40.1 Å². The summed E-state index contributed by atoms with van der Waals surface area (Å²) in [6, 6.07) is 13.7. The third-order valence-corrected chi connectivity index (χ3v) is 5.63. The maximum Gasteiger partial charge on any atom is 0.174 e. The van der Waals surface area contributed by atoms with Gasteiger partial charge in [0.15, 0.2) is 5.11 Å². The summed E-state index contributed by atoms with van der Waals surface area (Å²) in [6.07, 6.45) is 1.80. The van der Waals surface area contributed by atoms with E-state index >= 15 is 0 Å². The number of nitrogens with one attached hydrogen (secondary N) is 2. The smallest absolute Gasteiger partial charge is 0.174 e. The Hall–Kier alpha value is -2.57. The standard InChI is InChI=1S/C21H21ClN4OS/c1-12-10-15(13(2)24-12)20-19(17-6-4-5-9-23-17)25-21(28)26(20)14-7-8-18(27-3)16(22)11-14/h4-11,19-20,24H,1-3H3,(H,25,28)/t19-,20+/m0/s1. The second-order valence-electron chi connectivity index (χ2n) is 6.85. The molecule has 0 bridgehead atoms. The summed E-state index contributed by atoms with van der Waals surface area (Å²) >= 11 is 12.1. The molecule has 1 aliphatic rings. The first kappa shape index (κ1) is 18.8. The van der Waals surface area contributed by atoms with Crippen LogP contribution in [-0.2, 0) is 0 Å². The van der Waals surface area contributed by atoms with E-state index < -0.39 is 0 Å². The van der Waals surface area contributed by atoms with Gasteiger partial charge in [0.1, 0.15) is 5.75 Å². The van der Waals surface area contributed by atoms with Gasteiger partial charge in [0, 0.05) is 23.3 Å². The minimum absolute atomic E-state index is 0.0585. The Balaban J connectivity index is 1.85. The Morgan fingerprint density at radius 3 is 2.61 bits per heavy atom. The van der Waals surface area contributed by atoms with Gasteiger partial charge >= 0.3 is 0 Å². The van der Waals surface area contributed by atoms with E-state index in [4.69, 9.17) is 28.6 Å². The highest BCUT2D eigenvalue weighted by Gasteiger charge is 2.41. The lowest BCUT2D eigenvalue weighted by molar-refractivity contribution is 0.415. The summed E-state index contributed by atoms with van der Waals surface area (Å²) in [5.74, 6) is 0.634. The Bertz CT molecular complexity index is 1020. The van der Waals surface area contributed by atoms with E-state index in [-0.39, 0.29) is 12.1 Å². The van der Waals surface area contributed by atoms with Gasteiger partial charge < -0.3 is 19.9 Å². The number of hydrogen-bond acceptors (Lipinski definition) is 3. The van der Waals surface area contributed by atoms with Crippen LogP contribution in [0.5, 0.6) is 5.75 Å². The maximum absolute atomic E-state index is 6.40. The summed E-state index contributed by atoms with van der Waals surface area (Å²) in [6.45, 7) is 4.14. The fraction of sp³-hybridized carbons (Fsp3) is 0.238. The van der Waals surface area contributed by atoms with Crippen LogP contribution in [0.2, 0.25) is 5.02 Å². The van der Waals surface area contributed by atoms with E-state index in [0.29, 0.717) is 15.9 Å². The summed E-state index contributed by atoms with van der Waals surface area (Å²) in [5, 5.41) is 4.64. The van der Waals surface area contributed by atoms with Gasteiger partial charge in [-0.15, -0.1) is 0 Å². The highest BCUT2D eigenvalue weighted by atomic mass is 35.5. The number of anilines is 1. The molecule has 1 saturated heterocycles. The minimum atomic E-state index is -0.0801. The van der Waals surface area contributed by atoms with Gasteiger partial charge in [-0.2, -0.15) is 0 Å². The van der Waals surface area contributed by atoms with Crippen molar-refractivity contribution >= 4 is 34.6 Å². The molecule has 28 heavy (non-hydrogen) atoms. The second kappa shape index (κ2) is 7.45. The quantitative estimate of drug-likeness (QED) is 0.599. The third-order valence-electron chi connectivity index (χ3n) is 5.02. The minimum Gasteiger partial charge on any atom is -0.495 e. The van der Waals surface area contributed by atoms with Crippen molar-refractivity contribution in [3.63, 3.8) is 0 Å². The van der Waals surface area contributed by atoms with Gasteiger partial charge in [-0.05, 0) is 68.0 Å². The molecule has 0 spiro atoms. The van der Waals surface area contributed by atoms with Crippen LogP contribution < -0.4 is 15.0 Å². The van der Waals surface area contributed by atoms with E-state index in [1.807, 2.05) is 36.4 Å². The van der Waals surface area contributed by atoms with Crippen LogP contribution in [0.3, 0.4) is 0 Å². The van der Waals surface area contributed by atoms with Crippen LogP contribution >= 0.6 is 23.8 Å². The summed E-state index contributed by atoms with van der Waals surface area (Å²) in [5.41, 5.74) is 5.24. The molecule has 3 aromatic rings. The Morgan fingerprint density at radius 1 is 1.18 bits per heavy atom. The number of methoxy groups -OCH3 is 1. The fourth-order valence-electron chi connectivity index (χ4n) is 3.81. The van der Waals surface area contributed by atoms with Gasteiger partial charge in [-0.25, -0.2) is 0 Å². The molecule has 0 amide bonds. The summed E-state index contributed by atoms with van der Waals surface area (Å²) in [4.78, 5) is 10.1. The number of ether oxygens (including phenoxy) is 1. The average molecular weight is 413 g/mol. The largest absolute Gasteiger partial charge is 0.495 e. The third kappa shape index (κ3) is 3.23. The number of aromatic nitrogens is 2. The van der Waals surface area contributed by atoms with E-state index in [9.17, 15) is 0 Å². The number of thiocarbonyl (C=S) groups is 1. The predicted octanol–water partition coefficient (Wildman–Crippen LogP) is 4.87. The highest BCUT2D eigenvalue weighted by Crippen LogP contribution is 2.43. The molecule has 2 aromatic heterocycles. The SMILES string of the molecule is COc1ccc(N2C(=S)N[C@@H](c3ccccn3)[C@H]2c2cc(C)[nH]c2C)cc1Cl. The molecule has 1 fully saturated rings. The lowest BCUT2D eigenvalue weighted by Gasteiger charge is -2.28. The molecule has 2 atom stereocenters. The number of halogens is 1. The molecular weight excluding hydrogens is 392 g/mol. The Morgan fingerprint density at radius 2 is 2.00 bits per heavy atom. The van der Waals surface area contributed by atoms with Crippen molar-refractivity contribution in [1.82, 2.24) is 15.3 Å². The number of benzene rings is 1. The molecule has 144 valence electrons. The van der Waals surface area contributed by atoms with Crippen LogP contribution in [0, 0.1) is 13.8 Å². The molecule has 1 aromatic carbocycles. The molecule has 7 heteroatoms. The molecule has 4 rings (SSSR count). The van der Waals surface area contributed by atoms with Crippen molar-refractivity contribution in [3.8, 4) is 5.75 Å². The zero-order valence-corrected chi connectivity index (χ0v) is 17.4. The molecule has 5 nitrogen and oxygen atoms in total. The second-order valence-corrected chi connectivity index (χ2v) is 7.64. The predicted molar refractivity (Wildman–Crippen MR) is 116 cm³/mol. The molecule has 0 radical (unpaired) electrons. The molecule has 0 saturated carbocycles. The normalized spacial score (nSPS) is 19.0. The number of aromatic amines is 1. The average Bonchev–Trinajstić information content (AvgIpc) is 3.20. The monoisotopic (exact) mass is 412 g/mol. The van der Waals surface area contributed by atoms with Crippen molar-refractivity contribution in [3.05, 3.63) is 76.3 Å². The number of nitrogens with zero attached hydrogens (tertiary/aromatic N) is 2. The lowest BCUT2D eigenvalue weighted by Crippen LogP contribution is -2.29. The van der Waals surface area contributed by atoms with Gasteiger partial charge in [0.25, 0.3) is 0 Å². The van der Waals surface area contributed by atoms with Crippen molar-refractivity contribution < 1.29 is 4.74 Å². The molecule has 1 aliphatic heterocycles. The van der Waals surface area contributed by atoms with Crippen LogP contribution in [-0.4, -0.2) is 22.2 Å². The van der Waals surface area contributed by atoms with Crippen LogP contribution in [0.1, 0.15) is 34.7 Å². The van der Waals surface area contributed by atoms with Crippen LogP contribution in [0.15, 0.2) is 48.7 Å². The molecular formula is C21H21ClN4OS. The first-order chi connectivity index (χ1) is 13.5. The maximum atomic E-state index is 6.40. The van der Waals surface area contributed by atoms with Crippen LogP contribution in [0.4, 0.5) is 5.69 Å². The number of aryl methyl sites for hydroxylation is 2. The van der Waals surface area contributed by atoms with E-state index in [1.165, 1.54) is 5.56 Å². The van der Waals surface area contributed by atoms with E-state index in [0.717, 1.165) is 22.8 Å². The lowest BCUT2D eigenvalue weighted by atomic mass is 9.96. The zero-order chi connectivity index (χ0) is 19.8. The van der Waals surface area contributed by atoms with Crippen LogP contribution in [0.25, 0.3) is 0 Å². The fourth-order valence-corrected chi connectivity index (χ4v) is 4.40. The Labute approximate surface area is 174 Å². The number of hydrogen-bond donors (Lipinski definition) is 2. The zero-order valence-electron chi connectivity index (χ0n) is 15.9. The topological polar surface area (TPSA) is 53.2 Å². The molecule has 3 heterocycles. The van der Waals surface area contributed by atoms with Gasteiger partial charge in [0.05, 0.1) is 29.9 Å².